The number of aromatic nitrogens is 2. The summed E-state index contributed by atoms with van der Waals surface area (Å²) in [6.45, 7) is 14.5. The van der Waals surface area contributed by atoms with Gasteiger partial charge in [-0.2, -0.15) is 9.40 Å². The largest absolute Gasteiger partial charge is 0.396 e. The predicted molar refractivity (Wildman–Crippen MR) is 103 cm³/mol. The molecule has 26 heavy (non-hydrogen) atoms. The Morgan fingerprint density at radius 2 is 1.85 bits per heavy atom. The van der Waals surface area contributed by atoms with Gasteiger partial charge in [-0.3, -0.25) is 9.58 Å². The third-order valence-electron chi connectivity index (χ3n) is 4.97. The van der Waals surface area contributed by atoms with Crippen LogP contribution in [0, 0.1) is 19.8 Å². The minimum absolute atomic E-state index is 0.0479. The summed E-state index contributed by atoms with van der Waals surface area (Å²) in [5.74, 6) is 0.508. The molecular formula is C18H34N4O3S. The summed E-state index contributed by atoms with van der Waals surface area (Å²) >= 11 is 0. The maximum Gasteiger partial charge on any atom is 0.246 e. The molecule has 0 spiro atoms. The van der Waals surface area contributed by atoms with Crippen LogP contribution in [0.3, 0.4) is 0 Å². The first-order valence-corrected chi connectivity index (χ1v) is 10.9. The van der Waals surface area contributed by atoms with Gasteiger partial charge in [-0.05, 0) is 40.0 Å². The fourth-order valence-electron chi connectivity index (χ4n) is 3.87. The van der Waals surface area contributed by atoms with Gasteiger partial charge < -0.3 is 5.11 Å². The van der Waals surface area contributed by atoms with E-state index in [9.17, 15) is 13.5 Å². The Morgan fingerprint density at radius 1 is 1.19 bits per heavy atom. The highest BCUT2D eigenvalue weighted by Crippen LogP contribution is 2.28. The van der Waals surface area contributed by atoms with Gasteiger partial charge in [-0.1, -0.05) is 13.8 Å². The van der Waals surface area contributed by atoms with Crippen LogP contribution in [0.5, 0.6) is 0 Å². The number of sulfonamides is 1. The van der Waals surface area contributed by atoms with Crippen molar-refractivity contribution in [2.24, 2.45) is 5.92 Å². The highest BCUT2D eigenvalue weighted by Gasteiger charge is 2.37. The predicted octanol–water partition coefficient (Wildman–Crippen LogP) is 1.79. The van der Waals surface area contributed by atoms with Crippen LogP contribution in [0.4, 0.5) is 0 Å². The van der Waals surface area contributed by atoms with Crippen molar-refractivity contribution in [1.82, 2.24) is 19.0 Å². The van der Waals surface area contributed by atoms with Gasteiger partial charge in [0.05, 0.1) is 11.4 Å². The molecule has 7 nitrogen and oxygen atoms in total. The zero-order valence-electron chi connectivity index (χ0n) is 16.9. The van der Waals surface area contributed by atoms with Gasteiger partial charge in [0, 0.05) is 44.9 Å². The first-order chi connectivity index (χ1) is 12.1. The maximum absolute atomic E-state index is 13.3. The van der Waals surface area contributed by atoms with Crippen LogP contribution in [-0.4, -0.2) is 71.3 Å². The normalized spacial score (nSPS) is 20.4. The van der Waals surface area contributed by atoms with Crippen LogP contribution in [-0.2, 0) is 10.0 Å². The highest BCUT2D eigenvalue weighted by atomic mass is 32.2. The maximum atomic E-state index is 13.3. The molecule has 1 saturated heterocycles. The molecule has 1 atom stereocenters. The molecule has 2 heterocycles. The Balaban J connectivity index is 2.30. The second-order valence-corrected chi connectivity index (χ2v) is 9.83. The van der Waals surface area contributed by atoms with Crippen LogP contribution < -0.4 is 0 Å². The molecule has 1 fully saturated rings. The van der Waals surface area contributed by atoms with Gasteiger partial charge in [0.1, 0.15) is 4.90 Å². The average Bonchev–Trinajstić information content (AvgIpc) is 2.84. The van der Waals surface area contributed by atoms with Gasteiger partial charge in [0.2, 0.25) is 10.0 Å². The fraction of sp³-hybridized carbons (Fsp3) is 0.833. The van der Waals surface area contributed by atoms with E-state index in [1.165, 1.54) is 0 Å². The number of aryl methyl sites for hydroxylation is 1. The molecule has 0 bridgehead atoms. The number of rotatable bonds is 7. The summed E-state index contributed by atoms with van der Waals surface area (Å²) in [6, 6.07) is 0.161. The van der Waals surface area contributed by atoms with Crippen molar-refractivity contribution in [3.05, 3.63) is 11.4 Å². The number of hydrogen-bond acceptors (Lipinski definition) is 5. The van der Waals surface area contributed by atoms with E-state index in [4.69, 9.17) is 0 Å². The molecule has 1 N–H and O–H groups in total. The summed E-state index contributed by atoms with van der Waals surface area (Å²) < 4.78 is 30.0. The van der Waals surface area contributed by atoms with Crippen molar-refractivity contribution in [3.63, 3.8) is 0 Å². The Kier molecular flexibility index (Phi) is 6.87. The molecule has 0 aromatic carbocycles. The van der Waals surface area contributed by atoms with Crippen molar-refractivity contribution < 1.29 is 13.5 Å². The number of piperazine rings is 1. The van der Waals surface area contributed by atoms with E-state index in [0.29, 0.717) is 48.3 Å². The molecule has 1 unspecified atom stereocenters. The molecule has 2 rings (SSSR count). The average molecular weight is 387 g/mol. The van der Waals surface area contributed by atoms with Gasteiger partial charge in [0.25, 0.3) is 0 Å². The molecule has 1 aromatic rings. The Hall–Kier alpha value is -0.960. The topological polar surface area (TPSA) is 78.7 Å². The minimum Gasteiger partial charge on any atom is -0.396 e. The van der Waals surface area contributed by atoms with Gasteiger partial charge in [0.15, 0.2) is 0 Å². The zero-order valence-corrected chi connectivity index (χ0v) is 17.8. The van der Waals surface area contributed by atoms with Crippen molar-refractivity contribution >= 4 is 10.0 Å². The summed E-state index contributed by atoms with van der Waals surface area (Å²) in [7, 11) is -3.60. The standard InChI is InChI=1S/C18H34N4O3S/c1-13(2)11-20-8-9-21(12-17(20)7-10-23)26(24,25)18-15(5)19-22(14(3)4)16(18)6/h13-14,17,23H,7-12H2,1-6H3. The third-order valence-corrected chi connectivity index (χ3v) is 7.09. The molecule has 1 aromatic heterocycles. The van der Waals surface area contributed by atoms with Gasteiger partial charge in [-0.15, -0.1) is 0 Å². The molecule has 1 aliphatic heterocycles. The van der Waals surface area contributed by atoms with Crippen molar-refractivity contribution in [3.8, 4) is 0 Å². The Bertz CT molecular complexity index is 712. The monoisotopic (exact) mass is 386 g/mol. The quantitative estimate of drug-likeness (QED) is 0.773. The molecule has 0 aliphatic carbocycles. The van der Waals surface area contributed by atoms with E-state index in [1.54, 1.807) is 15.9 Å². The zero-order chi connectivity index (χ0) is 19.6. The summed E-state index contributed by atoms with van der Waals surface area (Å²) in [5.41, 5.74) is 1.25. The van der Waals surface area contributed by atoms with Gasteiger partial charge in [-0.25, -0.2) is 8.42 Å². The minimum atomic E-state index is -3.60. The molecule has 0 saturated carbocycles. The van der Waals surface area contributed by atoms with Crippen molar-refractivity contribution in [1.29, 1.82) is 0 Å². The lowest BCUT2D eigenvalue weighted by atomic mass is 10.1. The van der Waals surface area contributed by atoms with E-state index in [-0.39, 0.29) is 18.7 Å². The molecule has 8 heteroatoms. The molecular weight excluding hydrogens is 352 g/mol. The van der Waals surface area contributed by atoms with Crippen LogP contribution in [0.25, 0.3) is 0 Å². The second-order valence-electron chi connectivity index (χ2n) is 7.96. The lowest BCUT2D eigenvalue weighted by molar-refractivity contribution is 0.0853. The van der Waals surface area contributed by atoms with Gasteiger partial charge >= 0.3 is 0 Å². The molecule has 150 valence electrons. The smallest absolute Gasteiger partial charge is 0.246 e. The Morgan fingerprint density at radius 3 is 2.35 bits per heavy atom. The van der Waals surface area contributed by atoms with Crippen molar-refractivity contribution in [2.75, 3.05) is 32.8 Å². The lowest BCUT2D eigenvalue weighted by Crippen LogP contribution is -2.55. The Labute approximate surface area is 158 Å². The van der Waals surface area contributed by atoms with E-state index >= 15 is 0 Å². The summed E-state index contributed by atoms with van der Waals surface area (Å²) in [4.78, 5) is 2.65. The van der Waals surface area contributed by atoms with E-state index in [1.807, 2.05) is 20.8 Å². The SMILES string of the molecule is Cc1nn(C(C)C)c(C)c1S(=O)(=O)N1CCN(CC(C)C)C(CCO)C1. The number of aliphatic hydroxyl groups is 1. The summed E-state index contributed by atoms with van der Waals surface area (Å²) in [5, 5.41) is 13.9. The number of aliphatic hydroxyl groups excluding tert-OH is 1. The van der Waals surface area contributed by atoms with Crippen LogP contribution in [0.15, 0.2) is 4.90 Å². The highest BCUT2D eigenvalue weighted by molar-refractivity contribution is 7.89. The first kappa shape index (κ1) is 21.3. The molecule has 1 aliphatic rings. The lowest BCUT2D eigenvalue weighted by Gasteiger charge is -2.41. The van der Waals surface area contributed by atoms with Crippen LogP contribution in [0.1, 0.15) is 51.5 Å². The number of hydrogen-bond donors (Lipinski definition) is 1. The summed E-state index contributed by atoms with van der Waals surface area (Å²) in [6.07, 6.45) is 0.585. The van der Waals surface area contributed by atoms with E-state index in [0.717, 1.165) is 6.54 Å². The van der Waals surface area contributed by atoms with Crippen LogP contribution >= 0.6 is 0 Å². The van der Waals surface area contributed by atoms with Crippen molar-refractivity contribution in [2.45, 2.75) is 64.9 Å². The second kappa shape index (κ2) is 8.37. The van der Waals surface area contributed by atoms with E-state index in [2.05, 4.69) is 23.8 Å². The van der Waals surface area contributed by atoms with Crippen LogP contribution in [0.2, 0.25) is 0 Å². The first-order valence-electron chi connectivity index (χ1n) is 9.50. The third kappa shape index (κ3) is 4.30. The molecule has 0 amide bonds. The van der Waals surface area contributed by atoms with E-state index < -0.39 is 10.0 Å². The molecule has 0 radical (unpaired) electrons. The fourth-order valence-corrected chi connectivity index (χ4v) is 5.70. The number of nitrogens with zero attached hydrogens (tertiary/aromatic N) is 4.